The molecule has 0 rings (SSSR count). The lowest BCUT2D eigenvalue weighted by Crippen LogP contribution is -2.48. The highest BCUT2D eigenvalue weighted by atomic mass is 16.4. The monoisotopic (exact) mass is 255 g/mol. The van der Waals surface area contributed by atoms with Gasteiger partial charge in [0.2, 0.25) is 0 Å². The zero-order valence-electron chi connectivity index (χ0n) is 11.1. The maximum absolute atomic E-state index is 11.8. The van der Waals surface area contributed by atoms with Crippen molar-refractivity contribution in [2.75, 3.05) is 13.1 Å². The van der Waals surface area contributed by atoms with Crippen molar-refractivity contribution in [1.29, 1.82) is 5.26 Å². The number of nitriles is 1. The summed E-state index contributed by atoms with van der Waals surface area (Å²) < 4.78 is 0. The third kappa shape index (κ3) is 6.09. The SMILES string of the molecule is CCN(CCC#N)C(=O)NC(CC(C)C)C(=O)O. The second-order valence-electron chi connectivity index (χ2n) is 4.46. The van der Waals surface area contributed by atoms with Crippen molar-refractivity contribution in [3.8, 4) is 6.07 Å². The Morgan fingerprint density at radius 3 is 2.44 bits per heavy atom. The molecule has 0 bridgehead atoms. The van der Waals surface area contributed by atoms with E-state index in [2.05, 4.69) is 5.32 Å². The molecule has 0 aliphatic rings. The first-order valence-electron chi connectivity index (χ1n) is 6.07. The minimum absolute atomic E-state index is 0.181. The van der Waals surface area contributed by atoms with Gasteiger partial charge in [-0.3, -0.25) is 0 Å². The van der Waals surface area contributed by atoms with Crippen molar-refractivity contribution >= 4 is 12.0 Å². The first-order chi connectivity index (χ1) is 8.42. The Hall–Kier alpha value is -1.77. The van der Waals surface area contributed by atoms with Gasteiger partial charge >= 0.3 is 12.0 Å². The average Bonchev–Trinajstić information content (AvgIpc) is 2.28. The largest absolute Gasteiger partial charge is 0.480 e. The van der Waals surface area contributed by atoms with E-state index in [4.69, 9.17) is 10.4 Å². The molecular formula is C12H21N3O3. The maximum Gasteiger partial charge on any atom is 0.326 e. The number of nitrogens with one attached hydrogen (secondary N) is 1. The molecule has 0 radical (unpaired) electrons. The van der Waals surface area contributed by atoms with Gasteiger partial charge in [-0.05, 0) is 19.3 Å². The number of hydrogen-bond donors (Lipinski definition) is 2. The lowest BCUT2D eigenvalue weighted by Gasteiger charge is -2.23. The number of nitrogens with zero attached hydrogens (tertiary/aromatic N) is 2. The van der Waals surface area contributed by atoms with Crippen LogP contribution in [-0.2, 0) is 4.79 Å². The molecule has 0 saturated heterocycles. The summed E-state index contributed by atoms with van der Waals surface area (Å²) in [5.41, 5.74) is 0. The Morgan fingerprint density at radius 2 is 2.06 bits per heavy atom. The zero-order chi connectivity index (χ0) is 14.1. The molecule has 0 aliphatic heterocycles. The Bertz CT molecular complexity index is 323. The maximum atomic E-state index is 11.8. The minimum atomic E-state index is -1.03. The smallest absolute Gasteiger partial charge is 0.326 e. The second-order valence-corrected chi connectivity index (χ2v) is 4.46. The van der Waals surface area contributed by atoms with Gasteiger partial charge in [0, 0.05) is 13.1 Å². The van der Waals surface area contributed by atoms with Crippen LogP contribution in [-0.4, -0.2) is 41.1 Å². The molecule has 0 aliphatic carbocycles. The lowest BCUT2D eigenvalue weighted by atomic mass is 10.0. The van der Waals surface area contributed by atoms with Gasteiger partial charge in [0.05, 0.1) is 12.5 Å². The zero-order valence-corrected chi connectivity index (χ0v) is 11.1. The summed E-state index contributed by atoms with van der Waals surface area (Å²) in [4.78, 5) is 24.3. The molecule has 2 amide bonds. The lowest BCUT2D eigenvalue weighted by molar-refractivity contribution is -0.139. The first kappa shape index (κ1) is 16.2. The fourth-order valence-electron chi connectivity index (χ4n) is 1.52. The number of carbonyl (C=O) groups is 2. The van der Waals surface area contributed by atoms with Crippen LogP contribution in [0.2, 0.25) is 0 Å². The molecule has 0 aromatic heterocycles. The fourth-order valence-corrected chi connectivity index (χ4v) is 1.52. The van der Waals surface area contributed by atoms with Crippen LogP contribution in [0.25, 0.3) is 0 Å². The average molecular weight is 255 g/mol. The van der Waals surface area contributed by atoms with Crippen LogP contribution < -0.4 is 5.32 Å². The van der Waals surface area contributed by atoms with E-state index in [1.165, 1.54) is 4.90 Å². The van der Waals surface area contributed by atoms with Crippen molar-refractivity contribution in [2.24, 2.45) is 5.92 Å². The van der Waals surface area contributed by atoms with Crippen molar-refractivity contribution in [3.63, 3.8) is 0 Å². The summed E-state index contributed by atoms with van der Waals surface area (Å²) in [6.45, 7) is 6.34. The summed E-state index contributed by atoms with van der Waals surface area (Å²) in [6.07, 6.45) is 0.625. The van der Waals surface area contributed by atoms with Gasteiger partial charge in [-0.25, -0.2) is 9.59 Å². The number of rotatable bonds is 7. The summed E-state index contributed by atoms with van der Waals surface area (Å²) in [7, 11) is 0. The third-order valence-electron chi connectivity index (χ3n) is 2.47. The van der Waals surface area contributed by atoms with E-state index in [0.717, 1.165) is 0 Å². The summed E-state index contributed by atoms with van der Waals surface area (Å²) in [5, 5.41) is 20.0. The summed E-state index contributed by atoms with van der Waals surface area (Å²) >= 11 is 0. The van der Waals surface area contributed by atoms with Crippen molar-refractivity contribution in [2.45, 2.75) is 39.7 Å². The molecule has 2 N–H and O–H groups in total. The number of hydrogen-bond acceptors (Lipinski definition) is 3. The molecule has 0 aromatic carbocycles. The van der Waals surface area contributed by atoms with Crippen molar-refractivity contribution in [1.82, 2.24) is 10.2 Å². The van der Waals surface area contributed by atoms with E-state index in [9.17, 15) is 9.59 Å². The van der Waals surface area contributed by atoms with E-state index in [1.807, 2.05) is 19.9 Å². The van der Waals surface area contributed by atoms with Gasteiger partial charge in [-0.2, -0.15) is 5.26 Å². The number of carboxylic acids is 1. The summed E-state index contributed by atoms with van der Waals surface area (Å²) in [5.74, 6) is -0.853. The highest BCUT2D eigenvalue weighted by molar-refractivity contribution is 5.82. The Morgan fingerprint density at radius 1 is 1.44 bits per heavy atom. The molecule has 6 heteroatoms. The molecule has 0 spiro atoms. The Balaban J connectivity index is 4.47. The van der Waals surface area contributed by atoms with Crippen LogP contribution in [0.4, 0.5) is 4.79 Å². The Kier molecular flexibility index (Phi) is 7.52. The molecule has 0 saturated carbocycles. The summed E-state index contributed by atoms with van der Waals surface area (Å²) in [6, 6.07) is 0.647. The van der Waals surface area contributed by atoms with E-state index in [0.29, 0.717) is 19.5 Å². The molecule has 0 aromatic rings. The van der Waals surface area contributed by atoms with E-state index < -0.39 is 18.0 Å². The number of amides is 2. The highest BCUT2D eigenvalue weighted by Gasteiger charge is 2.23. The normalized spacial score (nSPS) is 11.7. The van der Waals surface area contributed by atoms with Crippen molar-refractivity contribution in [3.05, 3.63) is 0 Å². The molecule has 1 atom stereocenters. The quantitative estimate of drug-likeness (QED) is 0.719. The molecule has 0 heterocycles. The van der Waals surface area contributed by atoms with Gasteiger partial charge < -0.3 is 15.3 Å². The minimum Gasteiger partial charge on any atom is -0.480 e. The van der Waals surface area contributed by atoms with Gasteiger partial charge in [0.1, 0.15) is 6.04 Å². The standard InChI is InChI=1S/C12H21N3O3/c1-4-15(7-5-6-13)12(18)14-10(11(16)17)8-9(2)3/h9-10H,4-5,7-8H2,1-3H3,(H,14,18)(H,16,17). The van der Waals surface area contributed by atoms with Crippen LogP contribution in [0.1, 0.15) is 33.6 Å². The third-order valence-corrected chi connectivity index (χ3v) is 2.47. The topological polar surface area (TPSA) is 93.4 Å². The van der Waals surface area contributed by atoms with Crippen molar-refractivity contribution < 1.29 is 14.7 Å². The number of aliphatic carboxylic acids is 1. The van der Waals surface area contributed by atoms with Gasteiger partial charge in [0.15, 0.2) is 0 Å². The first-order valence-corrected chi connectivity index (χ1v) is 6.07. The van der Waals surface area contributed by atoms with Crippen LogP contribution in [0.3, 0.4) is 0 Å². The van der Waals surface area contributed by atoms with E-state index in [1.54, 1.807) is 6.92 Å². The molecule has 102 valence electrons. The van der Waals surface area contributed by atoms with Crippen LogP contribution in [0, 0.1) is 17.2 Å². The fraction of sp³-hybridized carbons (Fsp3) is 0.750. The number of carbonyl (C=O) groups excluding carboxylic acids is 1. The molecule has 0 fully saturated rings. The van der Waals surface area contributed by atoms with Crippen LogP contribution in [0.5, 0.6) is 0 Å². The second kappa shape index (κ2) is 8.34. The van der Waals surface area contributed by atoms with E-state index in [-0.39, 0.29) is 12.3 Å². The van der Waals surface area contributed by atoms with Gasteiger partial charge in [-0.15, -0.1) is 0 Å². The number of carboxylic acid groups (broad SMARTS) is 1. The highest BCUT2D eigenvalue weighted by Crippen LogP contribution is 2.06. The van der Waals surface area contributed by atoms with Gasteiger partial charge in [0.25, 0.3) is 0 Å². The van der Waals surface area contributed by atoms with Crippen LogP contribution >= 0.6 is 0 Å². The Labute approximate surface area is 108 Å². The molecule has 1 unspecified atom stereocenters. The van der Waals surface area contributed by atoms with Gasteiger partial charge in [-0.1, -0.05) is 13.8 Å². The van der Waals surface area contributed by atoms with Crippen LogP contribution in [0.15, 0.2) is 0 Å². The molecular weight excluding hydrogens is 234 g/mol. The molecule has 18 heavy (non-hydrogen) atoms. The van der Waals surface area contributed by atoms with E-state index >= 15 is 0 Å². The predicted molar refractivity (Wildman–Crippen MR) is 66.9 cm³/mol. The number of urea groups is 1. The molecule has 6 nitrogen and oxygen atoms in total. The predicted octanol–water partition coefficient (Wildman–Crippen LogP) is 1.43.